The van der Waals surface area contributed by atoms with Crippen molar-refractivity contribution in [3.05, 3.63) is 24.4 Å². The third-order valence-corrected chi connectivity index (χ3v) is 3.09. The zero-order valence-corrected chi connectivity index (χ0v) is 11.8. The Morgan fingerprint density at radius 2 is 2.20 bits per heavy atom. The zero-order chi connectivity index (χ0) is 14.3. The zero-order valence-electron chi connectivity index (χ0n) is 11.8. The highest BCUT2D eigenvalue weighted by Crippen LogP contribution is 2.29. The number of fused-ring (bicyclic) bond motifs is 1. The van der Waals surface area contributed by atoms with Gasteiger partial charge in [-0.3, -0.25) is 4.98 Å². The standard InChI is InChI=1S/C14H17N3O3/c1-14(2,3)20-13(18)17-7-9(8-17)12-16-10-6-15-5-4-11(10)19-12/h4-6,9H,7-8H2,1-3H3. The number of nitrogens with zero attached hydrogens (tertiary/aromatic N) is 3. The Balaban J connectivity index is 1.64. The number of pyridine rings is 1. The maximum absolute atomic E-state index is 11.8. The third kappa shape index (κ3) is 2.45. The maximum atomic E-state index is 11.8. The van der Waals surface area contributed by atoms with E-state index in [2.05, 4.69) is 9.97 Å². The van der Waals surface area contributed by atoms with Gasteiger partial charge < -0.3 is 14.1 Å². The SMILES string of the molecule is CC(C)(C)OC(=O)N1CC(c2nc3cnccc3o2)C1. The van der Waals surface area contributed by atoms with Crippen molar-refractivity contribution in [1.82, 2.24) is 14.9 Å². The topological polar surface area (TPSA) is 68.5 Å². The van der Waals surface area contributed by atoms with Crippen LogP contribution in [0.3, 0.4) is 0 Å². The number of likely N-dealkylation sites (tertiary alicyclic amines) is 1. The summed E-state index contributed by atoms with van der Waals surface area (Å²) in [7, 11) is 0. The Morgan fingerprint density at radius 1 is 1.45 bits per heavy atom. The summed E-state index contributed by atoms with van der Waals surface area (Å²) in [6, 6.07) is 1.79. The molecule has 1 aliphatic rings. The van der Waals surface area contributed by atoms with Crippen molar-refractivity contribution in [2.24, 2.45) is 0 Å². The van der Waals surface area contributed by atoms with Gasteiger partial charge in [0.2, 0.25) is 5.89 Å². The molecule has 0 aliphatic carbocycles. The lowest BCUT2D eigenvalue weighted by molar-refractivity contribution is 0.00621. The summed E-state index contributed by atoms with van der Waals surface area (Å²) in [5.41, 5.74) is 1.01. The molecule has 1 fully saturated rings. The van der Waals surface area contributed by atoms with Crippen LogP contribution < -0.4 is 0 Å². The summed E-state index contributed by atoms with van der Waals surface area (Å²) in [5.74, 6) is 0.794. The number of hydrogen-bond acceptors (Lipinski definition) is 5. The molecule has 1 saturated heterocycles. The van der Waals surface area contributed by atoms with Crippen LogP contribution in [0.15, 0.2) is 22.9 Å². The van der Waals surface area contributed by atoms with Crippen molar-refractivity contribution < 1.29 is 13.9 Å². The number of ether oxygens (including phenoxy) is 1. The summed E-state index contributed by atoms with van der Waals surface area (Å²) in [5, 5.41) is 0. The maximum Gasteiger partial charge on any atom is 0.410 e. The molecule has 0 spiro atoms. The minimum Gasteiger partial charge on any atom is -0.444 e. The number of aromatic nitrogens is 2. The van der Waals surface area contributed by atoms with Gasteiger partial charge in [0.25, 0.3) is 0 Å². The van der Waals surface area contributed by atoms with Crippen LogP contribution in [0.5, 0.6) is 0 Å². The van der Waals surface area contributed by atoms with E-state index in [-0.39, 0.29) is 12.0 Å². The van der Waals surface area contributed by atoms with Crippen LogP contribution in [0.25, 0.3) is 11.1 Å². The van der Waals surface area contributed by atoms with Crippen LogP contribution >= 0.6 is 0 Å². The van der Waals surface area contributed by atoms with Crippen LogP contribution in [0, 0.1) is 0 Å². The monoisotopic (exact) mass is 275 g/mol. The molecule has 0 aromatic carbocycles. The Hall–Kier alpha value is -2.11. The highest BCUT2D eigenvalue weighted by Gasteiger charge is 2.37. The summed E-state index contributed by atoms with van der Waals surface area (Å²) < 4.78 is 11.0. The van der Waals surface area contributed by atoms with Gasteiger partial charge in [-0.25, -0.2) is 9.78 Å². The van der Waals surface area contributed by atoms with Crippen molar-refractivity contribution in [3.8, 4) is 0 Å². The molecule has 6 nitrogen and oxygen atoms in total. The molecule has 0 N–H and O–H groups in total. The summed E-state index contributed by atoms with van der Waals surface area (Å²) in [6.45, 7) is 6.73. The third-order valence-electron chi connectivity index (χ3n) is 3.09. The molecule has 0 atom stereocenters. The van der Waals surface area contributed by atoms with Crippen molar-refractivity contribution >= 4 is 17.2 Å². The number of rotatable bonds is 1. The Bertz CT molecular complexity index is 605. The van der Waals surface area contributed by atoms with Gasteiger partial charge >= 0.3 is 6.09 Å². The van der Waals surface area contributed by atoms with Gasteiger partial charge in [-0.1, -0.05) is 0 Å². The van der Waals surface area contributed by atoms with Crippen LogP contribution in [-0.2, 0) is 4.74 Å². The molecule has 2 aromatic heterocycles. The molecule has 0 unspecified atom stereocenters. The average Bonchev–Trinajstić information content (AvgIpc) is 2.67. The van der Waals surface area contributed by atoms with E-state index in [0.717, 1.165) is 11.1 Å². The van der Waals surface area contributed by atoms with Crippen molar-refractivity contribution in [2.75, 3.05) is 13.1 Å². The minimum absolute atomic E-state index is 0.134. The Morgan fingerprint density at radius 3 is 2.85 bits per heavy atom. The molecule has 2 aromatic rings. The first-order chi connectivity index (χ1) is 9.42. The molecule has 3 rings (SSSR count). The van der Waals surface area contributed by atoms with Crippen LogP contribution in [0.4, 0.5) is 4.79 Å². The Kier molecular flexibility index (Phi) is 2.88. The van der Waals surface area contributed by atoms with Crippen molar-refractivity contribution in [1.29, 1.82) is 0 Å². The van der Waals surface area contributed by atoms with E-state index < -0.39 is 5.60 Å². The highest BCUT2D eigenvalue weighted by atomic mass is 16.6. The number of hydrogen-bond donors (Lipinski definition) is 0. The fourth-order valence-electron chi connectivity index (χ4n) is 2.08. The average molecular weight is 275 g/mol. The van der Waals surface area contributed by atoms with Gasteiger partial charge in [0, 0.05) is 25.4 Å². The number of carbonyl (C=O) groups excluding carboxylic acids is 1. The van der Waals surface area contributed by atoms with Gasteiger partial charge in [-0.2, -0.15) is 0 Å². The summed E-state index contributed by atoms with van der Waals surface area (Å²) in [4.78, 5) is 21.9. The fraction of sp³-hybridized carbons (Fsp3) is 0.500. The first kappa shape index (κ1) is 12.9. The predicted octanol–water partition coefficient (Wildman–Crippen LogP) is 2.56. The lowest BCUT2D eigenvalue weighted by Gasteiger charge is -2.38. The lowest BCUT2D eigenvalue weighted by Crippen LogP contribution is -2.50. The van der Waals surface area contributed by atoms with E-state index in [9.17, 15) is 4.79 Å². The van der Waals surface area contributed by atoms with E-state index >= 15 is 0 Å². The molecule has 0 saturated carbocycles. The Labute approximate surface area is 116 Å². The number of amides is 1. The smallest absolute Gasteiger partial charge is 0.410 e. The second-order valence-electron chi connectivity index (χ2n) is 5.98. The molecule has 0 radical (unpaired) electrons. The molecule has 106 valence electrons. The van der Waals surface area contributed by atoms with Gasteiger partial charge in [0.1, 0.15) is 11.1 Å². The molecule has 6 heteroatoms. The van der Waals surface area contributed by atoms with Crippen LogP contribution in [-0.4, -0.2) is 39.7 Å². The van der Waals surface area contributed by atoms with Gasteiger partial charge in [0.15, 0.2) is 5.58 Å². The first-order valence-electron chi connectivity index (χ1n) is 6.61. The molecule has 1 aliphatic heterocycles. The molecule has 0 bridgehead atoms. The second-order valence-corrected chi connectivity index (χ2v) is 5.98. The second kappa shape index (κ2) is 4.47. The molecular formula is C14H17N3O3. The van der Waals surface area contributed by atoms with E-state index in [4.69, 9.17) is 9.15 Å². The van der Waals surface area contributed by atoms with Crippen LogP contribution in [0.2, 0.25) is 0 Å². The van der Waals surface area contributed by atoms with Gasteiger partial charge in [-0.05, 0) is 20.8 Å². The van der Waals surface area contributed by atoms with E-state index in [0.29, 0.717) is 19.0 Å². The summed E-state index contributed by atoms with van der Waals surface area (Å²) in [6.07, 6.45) is 3.06. The highest BCUT2D eigenvalue weighted by molar-refractivity contribution is 5.71. The number of oxazole rings is 1. The van der Waals surface area contributed by atoms with Gasteiger partial charge in [-0.15, -0.1) is 0 Å². The minimum atomic E-state index is -0.467. The van der Waals surface area contributed by atoms with Crippen molar-refractivity contribution in [2.45, 2.75) is 32.3 Å². The molecule has 1 amide bonds. The normalized spacial score (nSPS) is 16.2. The van der Waals surface area contributed by atoms with E-state index in [1.54, 1.807) is 23.4 Å². The fourth-order valence-corrected chi connectivity index (χ4v) is 2.08. The van der Waals surface area contributed by atoms with Gasteiger partial charge in [0.05, 0.1) is 12.1 Å². The predicted molar refractivity (Wildman–Crippen MR) is 72.4 cm³/mol. The summed E-state index contributed by atoms with van der Waals surface area (Å²) >= 11 is 0. The quantitative estimate of drug-likeness (QED) is 0.800. The van der Waals surface area contributed by atoms with Crippen molar-refractivity contribution in [3.63, 3.8) is 0 Å². The molecule has 3 heterocycles. The van der Waals surface area contributed by atoms with Crippen LogP contribution in [0.1, 0.15) is 32.6 Å². The molecule has 20 heavy (non-hydrogen) atoms. The number of carbonyl (C=O) groups is 1. The molecular weight excluding hydrogens is 258 g/mol. The van der Waals surface area contributed by atoms with E-state index in [1.165, 1.54) is 0 Å². The largest absolute Gasteiger partial charge is 0.444 e. The van der Waals surface area contributed by atoms with E-state index in [1.807, 2.05) is 20.8 Å². The first-order valence-corrected chi connectivity index (χ1v) is 6.61. The lowest BCUT2D eigenvalue weighted by atomic mass is 10.0.